The Hall–Kier alpha value is -0.233. The molecule has 0 heterocycles. The van der Waals surface area contributed by atoms with Gasteiger partial charge in [0, 0.05) is 32.8 Å². The molecule has 4 nitrogen and oxygen atoms in total. The predicted octanol–water partition coefficient (Wildman–Crippen LogP) is 1.78. The van der Waals surface area contributed by atoms with Crippen LogP contribution in [0.5, 0.6) is 0 Å². The molecule has 0 aliphatic rings. The molecule has 0 rings (SSSR count). The standard InChI is InChI=1S/C10H21O4Si/c1-10(2,9-11)7-6-8-15(12-3,13-4)14-5/h6-8H2,1-5H3. The SMILES string of the molecule is CO[Si](CCCC(C)(C)[C]=O)(OC)OC. The van der Waals surface area contributed by atoms with Crippen molar-refractivity contribution < 1.29 is 18.1 Å². The molecule has 0 aromatic heterocycles. The van der Waals surface area contributed by atoms with Crippen molar-refractivity contribution in [1.82, 2.24) is 0 Å². The van der Waals surface area contributed by atoms with Gasteiger partial charge in [0.05, 0.1) is 0 Å². The van der Waals surface area contributed by atoms with Crippen LogP contribution in [0.1, 0.15) is 26.7 Å². The molecule has 0 spiro atoms. The van der Waals surface area contributed by atoms with Crippen LogP contribution in [-0.2, 0) is 18.1 Å². The summed E-state index contributed by atoms with van der Waals surface area (Å²) in [4.78, 5) is 10.6. The van der Waals surface area contributed by atoms with E-state index in [0.29, 0.717) is 0 Å². The molecule has 0 saturated carbocycles. The minimum Gasteiger partial charge on any atom is -0.377 e. The fourth-order valence-corrected chi connectivity index (χ4v) is 3.08. The average Bonchev–Trinajstić information content (AvgIpc) is 2.25. The number of hydrogen-bond donors (Lipinski definition) is 0. The predicted molar refractivity (Wildman–Crippen MR) is 60.3 cm³/mol. The minimum atomic E-state index is -2.46. The summed E-state index contributed by atoms with van der Waals surface area (Å²) in [5.41, 5.74) is -0.393. The normalized spacial score (nSPS) is 12.9. The molecule has 0 atom stereocenters. The van der Waals surface area contributed by atoms with Crippen molar-refractivity contribution in [2.75, 3.05) is 21.3 Å². The zero-order chi connectivity index (χ0) is 11.9. The first-order valence-corrected chi connectivity index (χ1v) is 6.93. The topological polar surface area (TPSA) is 44.8 Å². The first-order valence-electron chi connectivity index (χ1n) is 5.00. The Morgan fingerprint density at radius 1 is 1.13 bits per heavy atom. The van der Waals surface area contributed by atoms with Crippen molar-refractivity contribution in [2.24, 2.45) is 5.41 Å². The van der Waals surface area contributed by atoms with Gasteiger partial charge in [-0.1, -0.05) is 13.8 Å². The van der Waals surface area contributed by atoms with Crippen molar-refractivity contribution in [1.29, 1.82) is 0 Å². The maximum absolute atomic E-state index is 10.6. The van der Waals surface area contributed by atoms with Crippen LogP contribution in [0.15, 0.2) is 0 Å². The lowest BCUT2D eigenvalue weighted by Gasteiger charge is -2.25. The van der Waals surface area contributed by atoms with Crippen molar-refractivity contribution in [3.05, 3.63) is 0 Å². The molecule has 0 saturated heterocycles. The largest absolute Gasteiger partial charge is 0.500 e. The number of hydrogen-bond acceptors (Lipinski definition) is 4. The van der Waals surface area contributed by atoms with Gasteiger partial charge in [-0.2, -0.15) is 0 Å². The van der Waals surface area contributed by atoms with E-state index >= 15 is 0 Å². The van der Waals surface area contributed by atoms with Crippen LogP contribution in [0.4, 0.5) is 0 Å². The highest BCUT2D eigenvalue weighted by atomic mass is 28.4. The molecular formula is C10H21O4Si. The van der Waals surface area contributed by atoms with Gasteiger partial charge in [-0.3, -0.25) is 4.79 Å². The van der Waals surface area contributed by atoms with E-state index in [2.05, 4.69) is 0 Å². The molecule has 15 heavy (non-hydrogen) atoms. The Kier molecular flexibility index (Phi) is 6.27. The molecule has 0 aliphatic carbocycles. The van der Waals surface area contributed by atoms with E-state index in [4.69, 9.17) is 13.3 Å². The Labute approximate surface area is 93.3 Å². The van der Waals surface area contributed by atoms with Gasteiger partial charge in [0.25, 0.3) is 0 Å². The van der Waals surface area contributed by atoms with Crippen molar-refractivity contribution in [2.45, 2.75) is 32.7 Å². The molecule has 0 fully saturated rings. The molecule has 0 unspecified atom stereocenters. The Morgan fingerprint density at radius 3 is 1.93 bits per heavy atom. The number of rotatable bonds is 8. The fourth-order valence-electron chi connectivity index (χ4n) is 1.35. The van der Waals surface area contributed by atoms with Crippen LogP contribution >= 0.6 is 0 Å². The van der Waals surface area contributed by atoms with Crippen LogP contribution in [0, 0.1) is 5.41 Å². The summed E-state index contributed by atoms with van der Waals surface area (Å²) < 4.78 is 15.8. The molecule has 1 radical (unpaired) electrons. The van der Waals surface area contributed by atoms with E-state index < -0.39 is 14.2 Å². The third-order valence-electron chi connectivity index (χ3n) is 2.49. The van der Waals surface area contributed by atoms with E-state index in [0.717, 1.165) is 18.9 Å². The smallest absolute Gasteiger partial charge is 0.377 e. The second-order valence-corrected chi connectivity index (χ2v) is 7.23. The third kappa shape index (κ3) is 4.88. The third-order valence-corrected chi connectivity index (χ3v) is 5.33. The Bertz CT molecular complexity index is 182. The molecule has 0 bridgehead atoms. The highest BCUT2D eigenvalue weighted by Gasteiger charge is 2.37. The first-order chi connectivity index (χ1) is 6.95. The van der Waals surface area contributed by atoms with Crippen LogP contribution < -0.4 is 0 Å². The lowest BCUT2D eigenvalue weighted by atomic mass is 9.90. The summed E-state index contributed by atoms with van der Waals surface area (Å²) in [6.07, 6.45) is 3.63. The van der Waals surface area contributed by atoms with Crippen LogP contribution in [0.2, 0.25) is 6.04 Å². The van der Waals surface area contributed by atoms with E-state index in [1.54, 1.807) is 21.3 Å². The van der Waals surface area contributed by atoms with Crippen LogP contribution in [-0.4, -0.2) is 36.4 Å². The monoisotopic (exact) mass is 233 g/mol. The molecule has 5 heteroatoms. The summed E-state index contributed by atoms with van der Waals surface area (Å²) in [7, 11) is 2.32. The second kappa shape index (κ2) is 6.37. The Morgan fingerprint density at radius 2 is 1.60 bits per heavy atom. The average molecular weight is 233 g/mol. The first kappa shape index (κ1) is 14.8. The summed E-state index contributed by atoms with van der Waals surface area (Å²) in [5, 5.41) is 0. The van der Waals surface area contributed by atoms with E-state index in [1.165, 1.54) is 0 Å². The minimum absolute atomic E-state index is 0.393. The van der Waals surface area contributed by atoms with Gasteiger partial charge < -0.3 is 13.3 Å². The van der Waals surface area contributed by atoms with Gasteiger partial charge >= 0.3 is 8.80 Å². The fraction of sp³-hybridized carbons (Fsp3) is 0.900. The molecular weight excluding hydrogens is 212 g/mol. The second-order valence-electron chi connectivity index (χ2n) is 4.13. The van der Waals surface area contributed by atoms with Gasteiger partial charge in [0.2, 0.25) is 6.29 Å². The van der Waals surface area contributed by atoms with E-state index in [1.807, 2.05) is 20.1 Å². The maximum atomic E-state index is 10.6. The van der Waals surface area contributed by atoms with Crippen molar-refractivity contribution >= 4 is 15.1 Å². The molecule has 0 aliphatic heterocycles. The zero-order valence-corrected chi connectivity index (χ0v) is 11.3. The van der Waals surface area contributed by atoms with Gasteiger partial charge in [0.15, 0.2) is 0 Å². The van der Waals surface area contributed by atoms with E-state index in [9.17, 15) is 4.79 Å². The summed E-state index contributed by atoms with van der Waals surface area (Å²) in [6.45, 7) is 3.74. The molecule has 0 amide bonds. The summed E-state index contributed by atoms with van der Waals surface area (Å²) >= 11 is 0. The van der Waals surface area contributed by atoms with Gasteiger partial charge in [0.1, 0.15) is 0 Å². The van der Waals surface area contributed by atoms with Crippen molar-refractivity contribution in [3.8, 4) is 0 Å². The molecule has 89 valence electrons. The van der Waals surface area contributed by atoms with E-state index in [-0.39, 0.29) is 0 Å². The maximum Gasteiger partial charge on any atom is 0.500 e. The number of carbonyl (C=O) groups excluding carboxylic acids is 1. The highest BCUT2D eigenvalue weighted by molar-refractivity contribution is 6.60. The molecule has 0 aromatic carbocycles. The van der Waals surface area contributed by atoms with Crippen LogP contribution in [0.25, 0.3) is 0 Å². The Balaban J connectivity index is 4.07. The highest BCUT2D eigenvalue weighted by Crippen LogP contribution is 2.24. The lowest BCUT2D eigenvalue weighted by Crippen LogP contribution is -2.42. The van der Waals surface area contributed by atoms with Gasteiger partial charge in [-0.05, 0) is 12.8 Å². The van der Waals surface area contributed by atoms with Crippen molar-refractivity contribution in [3.63, 3.8) is 0 Å². The zero-order valence-electron chi connectivity index (χ0n) is 10.3. The lowest BCUT2D eigenvalue weighted by molar-refractivity contribution is 0.122. The summed E-state index contributed by atoms with van der Waals surface area (Å²) in [5.74, 6) is 0. The molecule has 0 aromatic rings. The quantitative estimate of drug-likeness (QED) is 0.599. The molecule has 0 N–H and O–H groups in total. The van der Waals surface area contributed by atoms with Crippen LogP contribution in [0.3, 0.4) is 0 Å². The van der Waals surface area contributed by atoms with Gasteiger partial charge in [-0.25, -0.2) is 0 Å². The summed E-state index contributed by atoms with van der Waals surface area (Å²) in [6, 6.07) is 0.724. The van der Waals surface area contributed by atoms with Gasteiger partial charge in [-0.15, -0.1) is 0 Å².